The van der Waals surface area contributed by atoms with Crippen LogP contribution in [0.15, 0.2) is 0 Å². The van der Waals surface area contributed by atoms with Crippen LogP contribution in [0.1, 0.15) is 34.1 Å². The van der Waals surface area contributed by atoms with Crippen molar-refractivity contribution in [3.63, 3.8) is 0 Å². The van der Waals surface area contributed by atoms with Crippen molar-refractivity contribution in [2.75, 3.05) is 19.6 Å². The van der Waals surface area contributed by atoms with Gasteiger partial charge in [-0.05, 0) is 25.4 Å². The normalized spacial score (nSPS) is 14.2. The van der Waals surface area contributed by atoms with Gasteiger partial charge in [-0.1, -0.05) is 27.7 Å². The lowest BCUT2D eigenvalue weighted by atomic mass is 10.0. The predicted octanol–water partition coefficient (Wildman–Crippen LogP) is 1.70. The van der Waals surface area contributed by atoms with Gasteiger partial charge in [0.05, 0.1) is 0 Å². The second-order valence-electron chi connectivity index (χ2n) is 3.74. The Hall–Kier alpha value is -0.0800. The molecule has 0 fully saturated rings. The third-order valence-electron chi connectivity index (χ3n) is 2.34. The van der Waals surface area contributed by atoms with E-state index in [-0.39, 0.29) is 0 Å². The number of rotatable bonds is 6. The molecule has 0 saturated heterocycles. The highest BCUT2D eigenvalue weighted by Gasteiger charge is 2.14. The minimum Gasteiger partial charge on any atom is -0.329 e. The molecule has 0 aliphatic heterocycles. The number of nitrogens with two attached hydrogens (primary N) is 1. The first-order valence-electron chi connectivity index (χ1n) is 5.09. The highest BCUT2D eigenvalue weighted by atomic mass is 15.1. The van der Waals surface area contributed by atoms with Crippen LogP contribution in [0, 0.1) is 5.92 Å². The summed E-state index contributed by atoms with van der Waals surface area (Å²) in [6.45, 7) is 11.9. The van der Waals surface area contributed by atoms with E-state index in [1.54, 1.807) is 0 Å². The highest BCUT2D eigenvalue weighted by Crippen LogP contribution is 2.09. The molecule has 0 aromatic heterocycles. The molecular weight excluding hydrogens is 148 g/mol. The Balaban J connectivity index is 3.92. The van der Waals surface area contributed by atoms with Gasteiger partial charge in [0, 0.05) is 12.6 Å². The van der Waals surface area contributed by atoms with E-state index < -0.39 is 0 Å². The maximum atomic E-state index is 5.73. The summed E-state index contributed by atoms with van der Waals surface area (Å²) in [5.74, 6) is 0.749. The van der Waals surface area contributed by atoms with Gasteiger partial charge in [-0.2, -0.15) is 0 Å². The largest absolute Gasteiger partial charge is 0.329 e. The van der Waals surface area contributed by atoms with Crippen LogP contribution in [0.4, 0.5) is 0 Å². The number of hydrogen-bond donors (Lipinski definition) is 1. The lowest BCUT2D eigenvalue weighted by molar-refractivity contribution is 0.196. The van der Waals surface area contributed by atoms with E-state index >= 15 is 0 Å². The average molecular weight is 172 g/mol. The quantitative estimate of drug-likeness (QED) is 0.661. The van der Waals surface area contributed by atoms with Crippen molar-refractivity contribution in [2.24, 2.45) is 11.7 Å². The molecule has 0 unspecified atom stereocenters. The lowest BCUT2D eigenvalue weighted by Gasteiger charge is -2.29. The third-order valence-corrected chi connectivity index (χ3v) is 2.34. The Morgan fingerprint density at radius 1 is 1.17 bits per heavy atom. The van der Waals surface area contributed by atoms with E-state index in [1.807, 2.05) is 0 Å². The molecule has 0 saturated carbocycles. The van der Waals surface area contributed by atoms with Crippen molar-refractivity contribution >= 4 is 0 Å². The summed E-state index contributed by atoms with van der Waals surface area (Å²) in [7, 11) is 0. The van der Waals surface area contributed by atoms with Crippen molar-refractivity contribution in [1.29, 1.82) is 0 Å². The van der Waals surface area contributed by atoms with Crippen molar-refractivity contribution in [3.8, 4) is 0 Å². The van der Waals surface area contributed by atoms with Crippen LogP contribution in [0.3, 0.4) is 0 Å². The molecule has 0 amide bonds. The van der Waals surface area contributed by atoms with Gasteiger partial charge < -0.3 is 5.73 Å². The zero-order chi connectivity index (χ0) is 9.56. The van der Waals surface area contributed by atoms with E-state index in [0.717, 1.165) is 25.6 Å². The van der Waals surface area contributed by atoms with Gasteiger partial charge in [-0.3, -0.25) is 4.90 Å². The standard InChI is InChI=1S/C10H24N2/c1-5-12(6-2)10(8-11)7-9(3)4/h9-10H,5-8,11H2,1-4H3/t10-/m0/s1. The first kappa shape index (κ1) is 11.9. The molecule has 0 aromatic rings. The maximum Gasteiger partial charge on any atom is 0.0220 e. The zero-order valence-corrected chi connectivity index (χ0v) is 9.01. The topological polar surface area (TPSA) is 29.3 Å². The Morgan fingerprint density at radius 2 is 1.67 bits per heavy atom. The average Bonchev–Trinajstić information content (AvgIpc) is 2.04. The van der Waals surface area contributed by atoms with Crippen molar-refractivity contribution < 1.29 is 0 Å². The Bertz CT molecular complexity index is 98.0. The second-order valence-corrected chi connectivity index (χ2v) is 3.74. The maximum absolute atomic E-state index is 5.73. The van der Waals surface area contributed by atoms with E-state index in [2.05, 4.69) is 32.6 Å². The Morgan fingerprint density at radius 3 is 1.92 bits per heavy atom. The summed E-state index contributed by atoms with van der Waals surface area (Å²) >= 11 is 0. The molecule has 0 heterocycles. The molecule has 2 nitrogen and oxygen atoms in total. The van der Waals surface area contributed by atoms with Crippen LogP contribution in [-0.2, 0) is 0 Å². The predicted molar refractivity (Wildman–Crippen MR) is 55.2 cm³/mol. The summed E-state index contributed by atoms with van der Waals surface area (Å²) in [4.78, 5) is 2.44. The van der Waals surface area contributed by atoms with Crippen molar-refractivity contribution in [3.05, 3.63) is 0 Å². The van der Waals surface area contributed by atoms with Crippen LogP contribution < -0.4 is 5.73 Å². The monoisotopic (exact) mass is 172 g/mol. The molecule has 0 radical (unpaired) electrons. The molecule has 0 aromatic carbocycles. The molecule has 1 atom stereocenters. The summed E-state index contributed by atoms with van der Waals surface area (Å²) in [5, 5.41) is 0. The molecule has 2 N–H and O–H groups in total. The van der Waals surface area contributed by atoms with E-state index in [9.17, 15) is 0 Å². The van der Waals surface area contributed by atoms with Crippen molar-refractivity contribution in [1.82, 2.24) is 4.90 Å². The number of hydrogen-bond acceptors (Lipinski definition) is 2. The molecule has 0 aliphatic carbocycles. The van der Waals surface area contributed by atoms with Crippen LogP contribution in [0.2, 0.25) is 0 Å². The van der Waals surface area contributed by atoms with Crippen LogP contribution in [-0.4, -0.2) is 30.6 Å². The van der Waals surface area contributed by atoms with Crippen molar-refractivity contribution in [2.45, 2.75) is 40.2 Å². The van der Waals surface area contributed by atoms with Crippen LogP contribution in [0.5, 0.6) is 0 Å². The zero-order valence-electron chi connectivity index (χ0n) is 9.01. The minimum absolute atomic E-state index is 0.583. The molecule has 0 spiro atoms. The van der Waals surface area contributed by atoms with Gasteiger partial charge in [-0.15, -0.1) is 0 Å². The minimum atomic E-state index is 0.583. The Kier molecular flexibility index (Phi) is 6.39. The molecule has 0 bridgehead atoms. The summed E-state index contributed by atoms with van der Waals surface area (Å²) in [5.41, 5.74) is 5.73. The fraction of sp³-hybridized carbons (Fsp3) is 1.00. The molecule has 0 aliphatic rings. The summed E-state index contributed by atoms with van der Waals surface area (Å²) in [6, 6.07) is 0.583. The van der Waals surface area contributed by atoms with Gasteiger partial charge in [0.1, 0.15) is 0 Å². The van der Waals surface area contributed by atoms with Crippen LogP contribution in [0.25, 0.3) is 0 Å². The fourth-order valence-corrected chi connectivity index (χ4v) is 1.68. The van der Waals surface area contributed by atoms with E-state index in [4.69, 9.17) is 5.73 Å². The lowest BCUT2D eigenvalue weighted by Crippen LogP contribution is -2.41. The first-order chi connectivity index (χ1) is 5.65. The van der Waals surface area contributed by atoms with Crippen LogP contribution >= 0.6 is 0 Å². The molecular formula is C10H24N2. The van der Waals surface area contributed by atoms with E-state index in [0.29, 0.717) is 6.04 Å². The van der Waals surface area contributed by atoms with Gasteiger partial charge >= 0.3 is 0 Å². The first-order valence-corrected chi connectivity index (χ1v) is 5.09. The molecule has 12 heavy (non-hydrogen) atoms. The second kappa shape index (κ2) is 6.44. The van der Waals surface area contributed by atoms with Gasteiger partial charge in [0.2, 0.25) is 0 Å². The summed E-state index contributed by atoms with van der Waals surface area (Å²) < 4.78 is 0. The molecule has 2 heteroatoms. The number of likely N-dealkylation sites (N-methyl/N-ethyl adjacent to an activating group) is 1. The molecule has 0 rings (SSSR count). The summed E-state index contributed by atoms with van der Waals surface area (Å²) in [6.07, 6.45) is 1.22. The van der Waals surface area contributed by atoms with Gasteiger partial charge in [0.15, 0.2) is 0 Å². The van der Waals surface area contributed by atoms with E-state index in [1.165, 1.54) is 6.42 Å². The SMILES string of the molecule is CCN(CC)[C@H](CN)CC(C)C. The fourth-order valence-electron chi connectivity index (χ4n) is 1.68. The Labute approximate surface area is 77.1 Å². The van der Waals surface area contributed by atoms with Gasteiger partial charge in [0.25, 0.3) is 0 Å². The highest BCUT2D eigenvalue weighted by molar-refractivity contribution is 4.71. The smallest absolute Gasteiger partial charge is 0.0220 e. The molecule has 74 valence electrons. The third kappa shape index (κ3) is 4.07. The van der Waals surface area contributed by atoms with Gasteiger partial charge in [-0.25, -0.2) is 0 Å². The number of nitrogens with zero attached hydrogens (tertiary/aromatic N) is 1.